The van der Waals surface area contributed by atoms with Crippen LogP contribution in [-0.4, -0.2) is 27.6 Å². The van der Waals surface area contributed by atoms with E-state index < -0.39 is 0 Å². The first kappa shape index (κ1) is 22.7. The van der Waals surface area contributed by atoms with Gasteiger partial charge in [0.15, 0.2) is 4.77 Å². The maximum absolute atomic E-state index is 13.0. The number of rotatable bonds is 9. The van der Waals surface area contributed by atoms with E-state index in [0.29, 0.717) is 47.5 Å². The van der Waals surface area contributed by atoms with Crippen LogP contribution in [0.15, 0.2) is 47.3 Å². The lowest BCUT2D eigenvalue weighted by Gasteiger charge is -2.07. The number of nitrogens with one attached hydrogen (secondary N) is 3. The SMILES string of the molecule is COc1ccc2[nH]c3c(=O)n(CCCCCC(=O)NCc4ccc(F)cc4)c(=S)[nH]c3c2c1. The van der Waals surface area contributed by atoms with Gasteiger partial charge in [-0.25, -0.2) is 4.39 Å². The van der Waals surface area contributed by atoms with E-state index in [4.69, 9.17) is 17.0 Å². The number of hydrogen-bond acceptors (Lipinski definition) is 4. The zero-order valence-corrected chi connectivity index (χ0v) is 19.1. The molecule has 33 heavy (non-hydrogen) atoms. The summed E-state index contributed by atoms with van der Waals surface area (Å²) in [4.78, 5) is 31.4. The third-order valence-electron chi connectivity index (χ3n) is 5.63. The molecular weight excluding hydrogens is 443 g/mol. The molecule has 2 aromatic heterocycles. The molecule has 0 aliphatic heterocycles. The molecule has 0 saturated carbocycles. The van der Waals surface area contributed by atoms with Crippen molar-refractivity contribution in [2.75, 3.05) is 7.11 Å². The standard InChI is InChI=1S/C24H25FN4O3S/c1-32-17-10-11-19-18(13-17)21-22(27-19)23(31)29(24(33)28-21)12-4-2-3-5-20(30)26-14-15-6-8-16(25)9-7-15/h6-11,13,27H,2-5,12,14H2,1H3,(H,26,30)(H,28,33). The number of aromatic amines is 2. The highest BCUT2D eigenvalue weighted by Gasteiger charge is 2.12. The van der Waals surface area contributed by atoms with Gasteiger partial charge in [-0.3, -0.25) is 14.2 Å². The van der Waals surface area contributed by atoms with Crippen molar-refractivity contribution >= 4 is 40.1 Å². The minimum absolute atomic E-state index is 0.0521. The second kappa shape index (κ2) is 9.99. The number of carbonyl (C=O) groups excluding carboxylic acids is 1. The number of H-pyrrole nitrogens is 2. The average Bonchev–Trinajstić information content (AvgIpc) is 3.18. The lowest BCUT2D eigenvalue weighted by Crippen LogP contribution is -2.23. The molecule has 0 saturated heterocycles. The Morgan fingerprint density at radius 1 is 1.09 bits per heavy atom. The Bertz CT molecular complexity index is 1410. The highest BCUT2D eigenvalue weighted by molar-refractivity contribution is 7.71. The number of halogens is 1. The number of nitrogens with zero attached hydrogens (tertiary/aromatic N) is 1. The van der Waals surface area contributed by atoms with Gasteiger partial charge in [-0.1, -0.05) is 18.6 Å². The molecule has 0 atom stereocenters. The quantitative estimate of drug-likeness (QED) is 0.248. The molecule has 0 radical (unpaired) electrons. The van der Waals surface area contributed by atoms with E-state index in [0.717, 1.165) is 29.3 Å². The summed E-state index contributed by atoms with van der Waals surface area (Å²) in [6.07, 6.45) is 2.61. The monoisotopic (exact) mass is 468 g/mol. The number of benzene rings is 2. The molecule has 172 valence electrons. The fraction of sp³-hybridized carbons (Fsp3) is 0.292. The maximum Gasteiger partial charge on any atom is 0.278 e. The van der Waals surface area contributed by atoms with Crippen LogP contribution in [0.3, 0.4) is 0 Å². The number of hydrogen-bond donors (Lipinski definition) is 3. The van der Waals surface area contributed by atoms with Crippen molar-refractivity contribution in [3.05, 3.63) is 69.0 Å². The largest absolute Gasteiger partial charge is 0.497 e. The number of methoxy groups -OCH3 is 1. The summed E-state index contributed by atoms with van der Waals surface area (Å²) in [5, 5.41) is 3.69. The van der Waals surface area contributed by atoms with Crippen molar-refractivity contribution in [3.63, 3.8) is 0 Å². The van der Waals surface area contributed by atoms with E-state index in [-0.39, 0.29) is 17.3 Å². The molecule has 0 spiro atoms. The third-order valence-corrected chi connectivity index (χ3v) is 5.95. The first-order valence-electron chi connectivity index (χ1n) is 10.8. The predicted octanol–water partition coefficient (Wildman–Crippen LogP) is 4.56. The fourth-order valence-corrected chi connectivity index (χ4v) is 4.09. The molecule has 0 fully saturated rings. The zero-order chi connectivity index (χ0) is 23.4. The van der Waals surface area contributed by atoms with E-state index in [1.54, 1.807) is 23.8 Å². The Kier molecular flexibility index (Phi) is 6.88. The van der Waals surface area contributed by atoms with Crippen LogP contribution in [0.25, 0.3) is 21.9 Å². The zero-order valence-electron chi connectivity index (χ0n) is 18.2. The van der Waals surface area contributed by atoms with Gasteiger partial charge in [0.2, 0.25) is 5.91 Å². The van der Waals surface area contributed by atoms with Crippen molar-refractivity contribution in [2.24, 2.45) is 0 Å². The Hall–Kier alpha value is -3.46. The van der Waals surface area contributed by atoms with Gasteiger partial charge in [0.25, 0.3) is 5.56 Å². The molecule has 4 rings (SSSR count). The molecule has 7 nitrogen and oxygen atoms in total. The average molecular weight is 469 g/mol. The van der Waals surface area contributed by atoms with Gasteiger partial charge in [0.05, 0.1) is 12.6 Å². The summed E-state index contributed by atoms with van der Waals surface area (Å²) in [6, 6.07) is 11.6. The number of fused-ring (bicyclic) bond motifs is 3. The molecule has 4 aromatic rings. The van der Waals surface area contributed by atoms with Crippen molar-refractivity contribution in [3.8, 4) is 5.75 Å². The van der Waals surface area contributed by atoms with E-state index in [2.05, 4.69) is 15.3 Å². The highest BCUT2D eigenvalue weighted by atomic mass is 32.1. The number of amides is 1. The van der Waals surface area contributed by atoms with Gasteiger partial charge in [0.1, 0.15) is 17.1 Å². The summed E-state index contributed by atoms with van der Waals surface area (Å²) in [7, 11) is 1.60. The minimum Gasteiger partial charge on any atom is -0.497 e. The Labute approximate surface area is 194 Å². The van der Waals surface area contributed by atoms with Crippen LogP contribution >= 0.6 is 12.2 Å². The molecule has 1 amide bonds. The topological polar surface area (TPSA) is 91.9 Å². The molecule has 2 heterocycles. The Morgan fingerprint density at radius 2 is 1.88 bits per heavy atom. The van der Waals surface area contributed by atoms with Gasteiger partial charge in [-0.05, 0) is 61.0 Å². The highest BCUT2D eigenvalue weighted by Crippen LogP contribution is 2.25. The number of unbranched alkanes of at least 4 members (excludes halogenated alkanes) is 2. The first-order chi connectivity index (χ1) is 16.0. The van der Waals surface area contributed by atoms with Crippen molar-refractivity contribution in [1.29, 1.82) is 0 Å². The molecular formula is C24H25FN4O3S. The normalized spacial score (nSPS) is 11.2. The van der Waals surface area contributed by atoms with Crippen molar-refractivity contribution in [1.82, 2.24) is 19.9 Å². The van der Waals surface area contributed by atoms with Crippen LogP contribution in [0, 0.1) is 10.6 Å². The molecule has 3 N–H and O–H groups in total. The summed E-state index contributed by atoms with van der Waals surface area (Å²) in [5.74, 6) is 0.352. The smallest absolute Gasteiger partial charge is 0.278 e. The Morgan fingerprint density at radius 3 is 2.64 bits per heavy atom. The van der Waals surface area contributed by atoms with Crippen LogP contribution in [0.4, 0.5) is 4.39 Å². The summed E-state index contributed by atoms with van der Waals surface area (Å²) >= 11 is 5.44. The number of aromatic nitrogens is 3. The minimum atomic E-state index is -0.298. The summed E-state index contributed by atoms with van der Waals surface area (Å²) in [6.45, 7) is 0.847. The summed E-state index contributed by atoms with van der Waals surface area (Å²) in [5.41, 5.74) is 2.67. The van der Waals surface area contributed by atoms with Gasteiger partial charge in [-0.15, -0.1) is 0 Å². The fourth-order valence-electron chi connectivity index (χ4n) is 3.82. The van der Waals surface area contributed by atoms with Gasteiger partial charge < -0.3 is 20.0 Å². The van der Waals surface area contributed by atoms with Crippen molar-refractivity contribution in [2.45, 2.75) is 38.8 Å². The summed E-state index contributed by atoms with van der Waals surface area (Å²) < 4.78 is 20.1. The number of carbonyl (C=O) groups is 1. The lowest BCUT2D eigenvalue weighted by atomic mass is 10.1. The molecule has 9 heteroatoms. The maximum atomic E-state index is 13.0. The van der Waals surface area contributed by atoms with E-state index in [1.807, 2.05) is 18.2 Å². The van der Waals surface area contributed by atoms with Crippen LogP contribution in [0.1, 0.15) is 31.2 Å². The molecule has 0 aliphatic carbocycles. The third kappa shape index (κ3) is 5.14. The lowest BCUT2D eigenvalue weighted by molar-refractivity contribution is -0.121. The van der Waals surface area contributed by atoms with Gasteiger partial charge >= 0.3 is 0 Å². The molecule has 0 bridgehead atoms. The number of ether oxygens (including phenoxy) is 1. The second-order valence-electron chi connectivity index (χ2n) is 7.89. The van der Waals surface area contributed by atoms with Crippen molar-refractivity contribution < 1.29 is 13.9 Å². The van der Waals surface area contributed by atoms with E-state index in [9.17, 15) is 14.0 Å². The molecule has 2 aromatic carbocycles. The molecule has 0 unspecified atom stereocenters. The first-order valence-corrected chi connectivity index (χ1v) is 11.2. The van der Waals surface area contributed by atoms with Crippen LogP contribution in [0.2, 0.25) is 0 Å². The van der Waals surface area contributed by atoms with E-state index in [1.165, 1.54) is 12.1 Å². The van der Waals surface area contributed by atoms with Gasteiger partial charge in [0, 0.05) is 30.4 Å². The van der Waals surface area contributed by atoms with E-state index >= 15 is 0 Å². The van der Waals surface area contributed by atoms with Crippen LogP contribution < -0.4 is 15.6 Å². The second-order valence-corrected chi connectivity index (χ2v) is 8.27. The Balaban J connectivity index is 1.32. The predicted molar refractivity (Wildman–Crippen MR) is 129 cm³/mol. The van der Waals surface area contributed by atoms with Gasteiger partial charge in [-0.2, -0.15) is 0 Å². The van der Waals surface area contributed by atoms with Crippen LogP contribution in [0.5, 0.6) is 5.75 Å². The molecule has 0 aliphatic rings. The van der Waals surface area contributed by atoms with Crippen LogP contribution in [-0.2, 0) is 17.9 Å².